The maximum Gasteiger partial charge on any atom is 0.257 e. The van der Waals surface area contributed by atoms with Crippen LogP contribution in [0.25, 0.3) is 0 Å². The average molecular weight is 433 g/mol. The van der Waals surface area contributed by atoms with Crippen molar-refractivity contribution < 1.29 is 14.3 Å². The number of aryl methyl sites for hydroxylation is 2. The van der Waals surface area contributed by atoms with Crippen molar-refractivity contribution >= 4 is 11.6 Å². The number of ether oxygens (including phenoxy) is 2. The van der Waals surface area contributed by atoms with Gasteiger partial charge in [-0.15, -0.1) is 0 Å². The number of hydrogen-bond donors (Lipinski definition) is 1. The Morgan fingerprint density at radius 1 is 1.03 bits per heavy atom. The third-order valence-corrected chi connectivity index (χ3v) is 5.15. The summed E-state index contributed by atoms with van der Waals surface area (Å²) in [5, 5.41) is 2.94. The summed E-state index contributed by atoms with van der Waals surface area (Å²) in [7, 11) is 0. The Bertz CT molecular complexity index is 1030. The average Bonchev–Trinajstić information content (AvgIpc) is 2.79. The fourth-order valence-corrected chi connectivity index (χ4v) is 3.41. The lowest BCUT2D eigenvalue weighted by Crippen LogP contribution is -2.16. The van der Waals surface area contributed by atoms with E-state index in [4.69, 9.17) is 9.47 Å². The van der Waals surface area contributed by atoms with Crippen LogP contribution in [0.1, 0.15) is 54.5 Å². The zero-order valence-corrected chi connectivity index (χ0v) is 19.4. The van der Waals surface area contributed by atoms with Crippen LogP contribution in [0.15, 0.2) is 60.7 Å². The van der Waals surface area contributed by atoms with Gasteiger partial charge >= 0.3 is 0 Å². The molecule has 0 fully saturated rings. The molecule has 0 aliphatic heterocycles. The molecule has 0 aliphatic rings. The molecule has 1 amide bonds. The number of nitrogens with one attached hydrogen (secondary N) is 1. The molecule has 0 aliphatic carbocycles. The maximum absolute atomic E-state index is 12.7. The normalized spacial score (nSPS) is 11.8. The van der Waals surface area contributed by atoms with Gasteiger partial charge in [-0.25, -0.2) is 0 Å². The molecule has 3 rings (SSSR count). The fourth-order valence-electron chi connectivity index (χ4n) is 3.41. The summed E-state index contributed by atoms with van der Waals surface area (Å²) >= 11 is 0. The first-order chi connectivity index (χ1) is 15.5. The minimum absolute atomic E-state index is 0.103. The summed E-state index contributed by atoms with van der Waals surface area (Å²) in [6.45, 7) is 8.85. The highest BCUT2D eigenvalue weighted by atomic mass is 16.5. The van der Waals surface area contributed by atoms with Crippen LogP contribution in [0, 0.1) is 6.92 Å². The fraction of sp³-hybridized carbons (Fsp3) is 0.333. The Morgan fingerprint density at radius 2 is 1.81 bits per heavy atom. The van der Waals surface area contributed by atoms with Crippen LogP contribution in [0.5, 0.6) is 11.5 Å². The van der Waals surface area contributed by atoms with Crippen LogP contribution >= 0.6 is 0 Å². The molecule has 32 heavy (non-hydrogen) atoms. The minimum Gasteiger partial charge on any atom is -0.457 e. The predicted octanol–water partition coefficient (Wildman–Crippen LogP) is 6.35. The second kappa shape index (κ2) is 11.4. The van der Waals surface area contributed by atoms with Crippen LogP contribution < -0.4 is 10.1 Å². The minimum atomic E-state index is -0.179. The first kappa shape index (κ1) is 23.5. The molecule has 5 heteroatoms. The van der Waals surface area contributed by atoms with Crippen molar-refractivity contribution in [3.05, 3.63) is 83.2 Å². The lowest BCUT2D eigenvalue weighted by atomic mass is 10.1. The van der Waals surface area contributed by atoms with Crippen molar-refractivity contribution in [2.24, 2.45) is 0 Å². The van der Waals surface area contributed by atoms with Gasteiger partial charge in [-0.1, -0.05) is 26.0 Å². The van der Waals surface area contributed by atoms with E-state index in [-0.39, 0.29) is 12.0 Å². The van der Waals surface area contributed by atoms with Crippen LogP contribution in [0.2, 0.25) is 0 Å². The highest BCUT2D eigenvalue weighted by molar-refractivity contribution is 6.05. The first-order valence-corrected chi connectivity index (χ1v) is 11.2. The third kappa shape index (κ3) is 6.66. The summed E-state index contributed by atoms with van der Waals surface area (Å²) in [4.78, 5) is 17.3. The van der Waals surface area contributed by atoms with Gasteiger partial charge in [0.05, 0.1) is 17.4 Å². The van der Waals surface area contributed by atoms with E-state index in [0.717, 1.165) is 43.1 Å². The second-order valence-electron chi connectivity index (χ2n) is 7.90. The van der Waals surface area contributed by atoms with Crippen molar-refractivity contribution in [2.75, 3.05) is 11.9 Å². The number of aromatic nitrogens is 1. The Kier molecular flexibility index (Phi) is 8.40. The predicted molar refractivity (Wildman–Crippen MR) is 129 cm³/mol. The third-order valence-electron chi connectivity index (χ3n) is 5.15. The monoisotopic (exact) mass is 432 g/mol. The lowest BCUT2D eigenvalue weighted by Gasteiger charge is -2.13. The van der Waals surface area contributed by atoms with Gasteiger partial charge in [-0.2, -0.15) is 0 Å². The molecule has 1 heterocycles. The van der Waals surface area contributed by atoms with Gasteiger partial charge in [0, 0.05) is 24.4 Å². The molecule has 3 aromatic rings. The number of hydrogen-bond acceptors (Lipinski definition) is 4. The molecule has 1 atom stereocenters. The Labute approximate surface area is 190 Å². The van der Waals surface area contributed by atoms with E-state index in [9.17, 15) is 4.79 Å². The second-order valence-corrected chi connectivity index (χ2v) is 7.90. The number of pyridine rings is 1. The highest BCUT2D eigenvalue weighted by Crippen LogP contribution is 2.24. The number of anilines is 1. The van der Waals surface area contributed by atoms with Crippen molar-refractivity contribution in [1.82, 2.24) is 4.98 Å². The van der Waals surface area contributed by atoms with Crippen LogP contribution in [-0.4, -0.2) is 23.6 Å². The van der Waals surface area contributed by atoms with Crippen molar-refractivity contribution in [3.63, 3.8) is 0 Å². The van der Waals surface area contributed by atoms with Crippen molar-refractivity contribution in [3.8, 4) is 11.5 Å². The summed E-state index contributed by atoms with van der Waals surface area (Å²) < 4.78 is 11.6. The molecule has 0 bridgehead atoms. The van der Waals surface area contributed by atoms with Gasteiger partial charge in [0.25, 0.3) is 5.91 Å². The van der Waals surface area contributed by atoms with E-state index in [2.05, 4.69) is 30.2 Å². The number of amides is 1. The van der Waals surface area contributed by atoms with Crippen molar-refractivity contribution in [2.45, 2.75) is 53.1 Å². The van der Waals surface area contributed by atoms with Crippen LogP contribution in [0.4, 0.5) is 5.69 Å². The Hall–Kier alpha value is -3.18. The van der Waals surface area contributed by atoms with Gasteiger partial charge in [-0.3, -0.25) is 9.78 Å². The maximum atomic E-state index is 12.7. The lowest BCUT2D eigenvalue weighted by molar-refractivity contribution is 0.0663. The molecule has 1 N–H and O–H groups in total. The first-order valence-electron chi connectivity index (χ1n) is 11.2. The zero-order chi connectivity index (χ0) is 22.9. The molecule has 5 nitrogen and oxygen atoms in total. The Balaban J connectivity index is 1.60. The van der Waals surface area contributed by atoms with E-state index in [0.29, 0.717) is 16.9 Å². The number of rotatable bonds is 10. The topological polar surface area (TPSA) is 60.5 Å². The molecule has 0 spiro atoms. The van der Waals surface area contributed by atoms with E-state index in [1.54, 1.807) is 0 Å². The molecule has 1 aromatic heterocycles. The van der Waals surface area contributed by atoms with Crippen LogP contribution in [0.3, 0.4) is 0 Å². The van der Waals surface area contributed by atoms with E-state index in [1.807, 2.05) is 68.4 Å². The zero-order valence-electron chi connectivity index (χ0n) is 19.4. The summed E-state index contributed by atoms with van der Waals surface area (Å²) in [5.74, 6) is 1.34. The summed E-state index contributed by atoms with van der Waals surface area (Å²) in [5.41, 5.74) is 4.13. The quantitative estimate of drug-likeness (QED) is 0.405. The number of benzene rings is 2. The van der Waals surface area contributed by atoms with Gasteiger partial charge < -0.3 is 14.8 Å². The summed E-state index contributed by atoms with van der Waals surface area (Å²) in [6.07, 6.45) is 2.79. The molecular weight excluding hydrogens is 400 g/mol. The largest absolute Gasteiger partial charge is 0.457 e. The molecule has 0 saturated carbocycles. The van der Waals surface area contributed by atoms with Gasteiger partial charge in [0.2, 0.25) is 0 Å². The smallest absolute Gasteiger partial charge is 0.257 e. The molecule has 1 unspecified atom stereocenters. The van der Waals surface area contributed by atoms with E-state index < -0.39 is 0 Å². The number of carbonyl (C=O) groups is 1. The molecule has 0 saturated heterocycles. The molecule has 0 radical (unpaired) electrons. The van der Waals surface area contributed by atoms with E-state index >= 15 is 0 Å². The molecule has 168 valence electrons. The van der Waals surface area contributed by atoms with Gasteiger partial charge in [0.15, 0.2) is 0 Å². The Morgan fingerprint density at radius 3 is 2.50 bits per heavy atom. The SMILES string of the molecule is CCCOC(C)Cc1ccc(C(=O)Nc2ccc(Oc3cccc(CC)c3)cc2)c(C)n1. The molecular formula is C27H32N2O3. The summed E-state index contributed by atoms with van der Waals surface area (Å²) in [6, 6.07) is 19.1. The number of carbonyl (C=O) groups excluding carboxylic acids is 1. The van der Waals surface area contributed by atoms with Gasteiger partial charge in [0.1, 0.15) is 11.5 Å². The van der Waals surface area contributed by atoms with Crippen molar-refractivity contribution in [1.29, 1.82) is 0 Å². The number of nitrogens with zero attached hydrogens (tertiary/aromatic N) is 1. The molecule has 2 aromatic carbocycles. The highest BCUT2D eigenvalue weighted by Gasteiger charge is 2.13. The standard InChI is InChI=1S/C27H32N2O3/c1-5-16-31-19(3)17-23-12-15-26(20(4)28-23)27(30)29-22-10-13-24(14-11-22)32-25-9-7-8-21(6-2)18-25/h7-15,18-19H,5-6,16-17H2,1-4H3,(H,29,30). The van der Waals surface area contributed by atoms with E-state index in [1.165, 1.54) is 5.56 Å². The van der Waals surface area contributed by atoms with Gasteiger partial charge in [-0.05, 0) is 80.8 Å². The van der Waals surface area contributed by atoms with Crippen LogP contribution in [-0.2, 0) is 17.6 Å².